The third-order valence-corrected chi connectivity index (χ3v) is 4.96. The monoisotopic (exact) mass is 383 g/mol. The second kappa shape index (κ2) is 7.20. The molecule has 0 spiro atoms. The van der Waals surface area contributed by atoms with Gasteiger partial charge < -0.3 is 26.3 Å². The molecule has 7 nitrogen and oxygen atoms in total. The zero-order chi connectivity index (χ0) is 19.6. The van der Waals surface area contributed by atoms with Crippen LogP contribution in [0, 0.1) is 0 Å². The topological polar surface area (TPSA) is 107 Å². The quantitative estimate of drug-likeness (QED) is 0.301. The van der Waals surface area contributed by atoms with Gasteiger partial charge >= 0.3 is 0 Å². The highest BCUT2D eigenvalue weighted by Gasteiger charge is 2.06. The molecule has 0 fully saturated rings. The van der Waals surface area contributed by atoms with Gasteiger partial charge in [-0.15, -0.1) is 0 Å². The summed E-state index contributed by atoms with van der Waals surface area (Å²) < 4.78 is 0. The molecule has 0 atom stereocenters. The van der Waals surface area contributed by atoms with Crippen molar-refractivity contribution in [3.63, 3.8) is 0 Å². The van der Waals surface area contributed by atoms with Crippen LogP contribution in [0.15, 0.2) is 67.1 Å². The number of nitrogens with zero attached hydrogens (tertiary/aromatic N) is 2. The zero-order valence-electron chi connectivity index (χ0n) is 15.7. The van der Waals surface area contributed by atoms with Crippen LogP contribution in [0.5, 0.6) is 0 Å². The number of nitrogens with two attached hydrogens (primary N) is 1. The number of nitrogen functional groups attached to an aromatic ring is 1. The Hall–Kier alpha value is -4.00. The number of H-pyrrole nitrogens is 2. The van der Waals surface area contributed by atoms with Crippen molar-refractivity contribution in [2.24, 2.45) is 0 Å². The van der Waals surface area contributed by atoms with E-state index in [1.165, 1.54) is 10.8 Å². The van der Waals surface area contributed by atoms with E-state index in [0.717, 1.165) is 22.2 Å². The van der Waals surface area contributed by atoms with Gasteiger partial charge in [0.2, 0.25) is 5.95 Å². The SMILES string of the molecule is Nc1cnc(NCc2ccc3[nH]ccc3c2)nc1NCc1ccc2[nH]ccc2c1. The molecule has 0 bridgehead atoms. The Bertz CT molecular complexity index is 1280. The summed E-state index contributed by atoms with van der Waals surface area (Å²) >= 11 is 0. The minimum Gasteiger partial charge on any atom is -0.394 e. The normalized spacial score (nSPS) is 11.2. The van der Waals surface area contributed by atoms with Crippen molar-refractivity contribution in [1.29, 1.82) is 0 Å². The van der Waals surface area contributed by atoms with Gasteiger partial charge in [-0.1, -0.05) is 12.1 Å². The van der Waals surface area contributed by atoms with Crippen molar-refractivity contribution in [2.75, 3.05) is 16.4 Å². The molecular formula is C22H21N7. The molecule has 0 saturated heterocycles. The smallest absolute Gasteiger partial charge is 0.225 e. The van der Waals surface area contributed by atoms with Gasteiger partial charge in [-0.3, -0.25) is 0 Å². The number of benzene rings is 2. The molecule has 0 aliphatic heterocycles. The molecule has 3 aromatic heterocycles. The molecule has 0 radical (unpaired) electrons. The first-order valence-electron chi connectivity index (χ1n) is 9.47. The number of hydrogen-bond donors (Lipinski definition) is 5. The van der Waals surface area contributed by atoms with Crippen LogP contribution in [0.3, 0.4) is 0 Å². The second-order valence-electron chi connectivity index (χ2n) is 7.00. The van der Waals surface area contributed by atoms with E-state index in [1.807, 2.05) is 12.4 Å². The number of nitrogens with one attached hydrogen (secondary N) is 4. The molecule has 29 heavy (non-hydrogen) atoms. The lowest BCUT2D eigenvalue weighted by molar-refractivity contribution is 1.04. The summed E-state index contributed by atoms with van der Waals surface area (Å²) in [6.07, 6.45) is 5.51. The van der Waals surface area contributed by atoms with Crippen LogP contribution in [-0.4, -0.2) is 19.9 Å². The zero-order valence-corrected chi connectivity index (χ0v) is 15.7. The Morgan fingerprint density at radius 1 is 0.793 bits per heavy atom. The van der Waals surface area contributed by atoms with Crippen molar-refractivity contribution >= 4 is 39.3 Å². The third-order valence-electron chi connectivity index (χ3n) is 4.96. The van der Waals surface area contributed by atoms with E-state index in [1.54, 1.807) is 6.20 Å². The summed E-state index contributed by atoms with van der Waals surface area (Å²) in [6.45, 7) is 1.26. The molecule has 144 valence electrons. The fraction of sp³-hybridized carbons (Fsp3) is 0.0909. The molecule has 5 rings (SSSR count). The van der Waals surface area contributed by atoms with Crippen molar-refractivity contribution in [3.8, 4) is 0 Å². The number of aromatic amines is 2. The first-order valence-corrected chi connectivity index (χ1v) is 9.47. The van der Waals surface area contributed by atoms with Crippen molar-refractivity contribution in [3.05, 3.63) is 78.2 Å². The molecule has 0 unspecified atom stereocenters. The lowest BCUT2D eigenvalue weighted by atomic mass is 10.1. The van der Waals surface area contributed by atoms with Crippen LogP contribution in [0.1, 0.15) is 11.1 Å². The predicted molar refractivity (Wildman–Crippen MR) is 118 cm³/mol. The van der Waals surface area contributed by atoms with Gasteiger partial charge in [0.15, 0.2) is 5.82 Å². The van der Waals surface area contributed by atoms with E-state index < -0.39 is 0 Å². The highest BCUT2D eigenvalue weighted by Crippen LogP contribution is 2.20. The molecule has 0 aliphatic carbocycles. The molecule has 0 aliphatic rings. The first-order chi connectivity index (χ1) is 14.2. The van der Waals surface area contributed by atoms with Gasteiger partial charge in [-0.05, 0) is 58.3 Å². The van der Waals surface area contributed by atoms with Gasteiger partial charge in [0.1, 0.15) is 0 Å². The first kappa shape index (κ1) is 17.1. The van der Waals surface area contributed by atoms with Crippen LogP contribution in [0.2, 0.25) is 0 Å². The van der Waals surface area contributed by atoms with Gasteiger partial charge in [0.25, 0.3) is 0 Å². The number of fused-ring (bicyclic) bond motifs is 2. The number of anilines is 3. The van der Waals surface area contributed by atoms with E-state index in [4.69, 9.17) is 5.73 Å². The molecule has 7 heteroatoms. The minimum atomic E-state index is 0.520. The fourth-order valence-corrected chi connectivity index (χ4v) is 3.41. The highest BCUT2D eigenvalue weighted by molar-refractivity contribution is 5.80. The van der Waals surface area contributed by atoms with Gasteiger partial charge in [-0.2, -0.15) is 4.98 Å². The molecule has 0 amide bonds. The summed E-state index contributed by atoms with van der Waals surface area (Å²) in [5.41, 5.74) is 11.1. The highest BCUT2D eigenvalue weighted by atomic mass is 15.1. The Labute approximate surface area is 167 Å². The van der Waals surface area contributed by atoms with Crippen LogP contribution in [0.4, 0.5) is 17.5 Å². The largest absolute Gasteiger partial charge is 0.394 e. The maximum Gasteiger partial charge on any atom is 0.225 e. The number of rotatable bonds is 6. The van der Waals surface area contributed by atoms with Crippen molar-refractivity contribution < 1.29 is 0 Å². The van der Waals surface area contributed by atoms with Crippen LogP contribution < -0.4 is 16.4 Å². The average Bonchev–Trinajstić information content (AvgIpc) is 3.40. The van der Waals surface area contributed by atoms with Gasteiger partial charge in [-0.25, -0.2) is 4.98 Å². The van der Waals surface area contributed by atoms with Crippen LogP contribution >= 0.6 is 0 Å². The fourth-order valence-electron chi connectivity index (χ4n) is 3.41. The Morgan fingerprint density at radius 3 is 2.07 bits per heavy atom. The van der Waals surface area contributed by atoms with Crippen molar-refractivity contribution in [2.45, 2.75) is 13.1 Å². The van der Waals surface area contributed by atoms with E-state index in [0.29, 0.717) is 30.5 Å². The average molecular weight is 383 g/mol. The van der Waals surface area contributed by atoms with Gasteiger partial charge in [0, 0.05) is 36.5 Å². The molecular weight excluding hydrogens is 362 g/mol. The summed E-state index contributed by atoms with van der Waals surface area (Å²) in [7, 11) is 0. The molecule has 0 saturated carbocycles. The van der Waals surface area contributed by atoms with E-state index in [2.05, 4.69) is 79.1 Å². The van der Waals surface area contributed by atoms with Crippen LogP contribution in [-0.2, 0) is 13.1 Å². The standard InChI is InChI=1S/C22H21N7/c23-18-13-28-22(27-12-15-2-4-20-17(10-15)6-8-25-20)29-21(18)26-11-14-1-3-19-16(9-14)5-7-24-19/h1-10,13,24-25H,11-12,23H2,(H2,26,27,28,29). The number of aromatic nitrogens is 4. The summed E-state index contributed by atoms with van der Waals surface area (Å²) in [5.74, 6) is 1.16. The molecule has 2 aromatic carbocycles. The maximum atomic E-state index is 6.06. The molecule has 5 aromatic rings. The third kappa shape index (κ3) is 3.58. The van der Waals surface area contributed by atoms with Gasteiger partial charge in [0.05, 0.1) is 11.9 Å². The predicted octanol–water partition coefficient (Wildman–Crippen LogP) is 4.25. The Kier molecular flexibility index (Phi) is 4.25. The summed E-state index contributed by atoms with van der Waals surface area (Å²) in [4.78, 5) is 15.2. The van der Waals surface area contributed by atoms with E-state index in [9.17, 15) is 0 Å². The molecule has 6 N–H and O–H groups in total. The second-order valence-corrected chi connectivity index (χ2v) is 7.00. The Balaban J connectivity index is 1.27. The van der Waals surface area contributed by atoms with Crippen LogP contribution in [0.25, 0.3) is 21.8 Å². The lowest BCUT2D eigenvalue weighted by Gasteiger charge is -2.11. The summed E-state index contributed by atoms with van der Waals surface area (Å²) in [6, 6.07) is 16.7. The summed E-state index contributed by atoms with van der Waals surface area (Å²) in [5, 5.41) is 8.95. The molecule has 3 heterocycles. The van der Waals surface area contributed by atoms with Crippen molar-refractivity contribution in [1.82, 2.24) is 19.9 Å². The number of hydrogen-bond acceptors (Lipinski definition) is 5. The van der Waals surface area contributed by atoms with E-state index in [-0.39, 0.29) is 0 Å². The lowest BCUT2D eigenvalue weighted by Crippen LogP contribution is -2.09. The Morgan fingerprint density at radius 2 is 1.41 bits per heavy atom. The minimum absolute atomic E-state index is 0.520. The maximum absolute atomic E-state index is 6.06. The van der Waals surface area contributed by atoms with E-state index >= 15 is 0 Å².